The van der Waals surface area contributed by atoms with Crippen molar-refractivity contribution in [1.82, 2.24) is 15.5 Å². The van der Waals surface area contributed by atoms with E-state index in [2.05, 4.69) is 10.6 Å². The number of nitrogens with one attached hydrogen (secondary N) is 2. The Hall–Kier alpha value is -3.35. The number of hydrogen-bond acceptors (Lipinski definition) is 4. The van der Waals surface area contributed by atoms with Gasteiger partial charge in [0.05, 0.1) is 7.11 Å². The second kappa shape index (κ2) is 6.99. The zero-order chi connectivity index (χ0) is 19.7. The lowest BCUT2D eigenvalue weighted by Gasteiger charge is -2.22. The molecule has 2 aromatic carbocycles. The van der Waals surface area contributed by atoms with E-state index in [9.17, 15) is 14.4 Å². The summed E-state index contributed by atoms with van der Waals surface area (Å²) in [5, 5.41) is 5.57. The Bertz CT molecular complexity index is 958. The summed E-state index contributed by atoms with van der Waals surface area (Å²) in [6.45, 7) is -0.0653. The first-order valence-corrected chi connectivity index (χ1v) is 9.16. The zero-order valence-corrected chi connectivity index (χ0v) is 15.5. The Morgan fingerprint density at radius 3 is 2.75 bits per heavy atom. The summed E-state index contributed by atoms with van der Waals surface area (Å²) < 4.78 is 5.26. The second-order valence-electron chi connectivity index (χ2n) is 6.97. The molecule has 1 aliphatic carbocycles. The summed E-state index contributed by atoms with van der Waals surface area (Å²) in [7, 11) is 1.56. The summed E-state index contributed by atoms with van der Waals surface area (Å²) >= 11 is 0. The maximum absolute atomic E-state index is 13.1. The van der Waals surface area contributed by atoms with E-state index in [0.717, 1.165) is 28.0 Å². The predicted molar refractivity (Wildman–Crippen MR) is 102 cm³/mol. The molecular formula is C21H21N3O4. The van der Waals surface area contributed by atoms with E-state index in [0.29, 0.717) is 12.2 Å². The number of aryl methyl sites for hydroxylation is 1. The number of rotatable bonds is 5. The van der Waals surface area contributed by atoms with Crippen molar-refractivity contribution in [2.75, 3.05) is 13.7 Å². The number of benzene rings is 2. The smallest absolute Gasteiger partial charge is 0.325 e. The third-order valence-electron chi connectivity index (χ3n) is 5.39. The highest BCUT2D eigenvalue weighted by Gasteiger charge is 2.55. The number of fused-ring (bicyclic) bond motifs is 2. The molecule has 2 N–H and O–H groups in total. The number of nitrogens with zero attached hydrogens (tertiary/aromatic N) is 1. The fourth-order valence-corrected chi connectivity index (χ4v) is 3.98. The molecule has 4 rings (SSSR count). The molecule has 1 fully saturated rings. The van der Waals surface area contributed by atoms with Gasteiger partial charge in [-0.25, -0.2) is 4.79 Å². The number of para-hydroxylation sites is 1. The van der Waals surface area contributed by atoms with Gasteiger partial charge in [0, 0.05) is 12.1 Å². The summed E-state index contributed by atoms with van der Waals surface area (Å²) in [6, 6.07) is 14.4. The molecule has 1 atom stereocenters. The van der Waals surface area contributed by atoms with Crippen LogP contribution in [-0.4, -0.2) is 36.4 Å². The van der Waals surface area contributed by atoms with Crippen LogP contribution in [0.25, 0.3) is 0 Å². The number of methoxy groups -OCH3 is 1. The van der Waals surface area contributed by atoms with E-state index in [4.69, 9.17) is 4.74 Å². The molecule has 0 unspecified atom stereocenters. The van der Waals surface area contributed by atoms with Crippen molar-refractivity contribution in [1.29, 1.82) is 0 Å². The Kier molecular flexibility index (Phi) is 4.50. The summed E-state index contributed by atoms with van der Waals surface area (Å²) in [6.07, 6.45) is 1.23. The Morgan fingerprint density at radius 2 is 1.93 bits per heavy atom. The maximum atomic E-state index is 13.1. The fourth-order valence-electron chi connectivity index (χ4n) is 3.98. The van der Waals surface area contributed by atoms with Crippen LogP contribution in [0, 0.1) is 0 Å². The van der Waals surface area contributed by atoms with Crippen molar-refractivity contribution in [3.05, 3.63) is 65.2 Å². The van der Waals surface area contributed by atoms with Crippen LogP contribution in [0.15, 0.2) is 48.5 Å². The van der Waals surface area contributed by atoms with Gasteiger partial charge >= 0.3 is 6.03 Å². The average Bonchev–Trinajstić information content (AvgIpc) is 3.20. The quantitative estimate of drug-likeness (QED) is 0.774. The molecule has 2 aromatic rings. The molecule has 28 heavy (non-hydrogen) atoms. The number of amides is 4. The second-order valence-corrected chi connectivity index (χ2v) is 6.97. The molecule has 1 aliphatic heterocycles. The molecule has 4 amide bonds. The van der Waals surface area contributed by atoms with Gasteiger partial charge < -0.3 is 15.4 Å². The fraction of sp³-hybridized carbons (Fsp3) is 0.286. The summed E-state index contributed by atoms with van der Waals surface area (Å²) in [5.41, 5.74) is 1.65. The van der Waals surface area contributed by atoms with Crippen molar-refractivity contribution in [3.63, 3.8) is 0 Å². The Labute approximate surface area is 162 Å². The molecule has 144 valence electrons. The lowest BCUT2D eigenvalue weighted by molar-refractivity contribution is -0.135. The monoisotopic (exact) mass is 379 g/mol. The highest BCUT2D eigenvalue weighted by molar-refractivity contribution is 6.09. The van der Waals surface area contributed by atoms with E-state index in [1.807, 2.05) is 42.5 Å². The molecule has 1 saturated heterocycles. The third-order valence-corrected chi connectivity index (χ3v) is 5.39. The van der Waals surface area contributed by atoms with Crippen LogP contribution in [0.3, 0.4) is 0 Å². The predicted octanol–water partition coefficient (Wildman–Crippen LogP) is 1.70. The maximum Gasteiger partial charge on any atom is 0.325 e. The van der Waals surface area contributed by atoms with E-state index >= 15 is 0 Å². The first kappa shape index (κ1) is 18.0. The number of carbonyl (C=O) groups is 3. The van der Waals surface area contributed by atoms with Gasteiger partial charge in [0.15, 0.2) is 0 Å². The van der Waals surface area contributed by atoms with Gasteiger partial charge in [0.2, 0.25) is 5.91 Å². The van der Waals surface area contributed by atoms with Crippen LogP contribution in [0.2, 0.25) is 0 Å². The van der Waals surface area contributed by atoms with Crippen LogP contribution in [0.1, 0.15) is 23.1 Å². The summed E-state index contributed by atoms with van der Waals surface area (Å²) in [5.74, 6) is -0.105. The van der Waals surface area contributed by atoms with Crippen molar-refractivity contribution in [3.8, 4) is 5.75 Å². The molecular weight excluding hydrogens is 358 g/mol. The van der Waals surface area contributed by atoms with Crippen LogP contribution >= 0.6 is 0 Å². The molecule has 0 saturated carbocycles. The van der Waals surface area contributed by atoms with Crippen LogP contribution in [-0.2, 0) is 28.1 Å². The zero-order valence-electron chi connectivity index (χ0n) is 15.5. The van der Waals surface area contributed by atoms with Crippen molar-refractivity contribution in [2.45, 2.75) is 24.9 Å². The number of hydrogen-bond donors (Lipinski definition) is 2. The Morgan fingerprint density at radius 1 is 1.18 bits per heavy atom. The minimum atomic E-state index is -1.05. The van der Waals surface area contributed by atoms with Gasteiger partial charge in [0.25, 0.3) is 5.91 Å². The van der Waals surface area contributed by atoms with Crippen molar-refractivity contribution < 1.29 is 19.1 Å². The molecule has 0 bridgehead atoms. The van der Waals surface area contributed by atoms with E-state index in [-0.39, 0.29) is 19.0 Å². The highest BCUT2D eigenvalue weighted by Crippen LogP contribution is 2.41. The lowest BCUT2D eigenvalue weighted by atomic mass is 9.92. The van der Waals surface area contributed by atoms with Gasteiger partial charge in [-0.15, -0.1) is 0 Å². The molecule has 1 spiro atoms. The van der Waals surface area contributed by atoms with Gasteiger partial charge in [-0.05, 0) is 30.0 Å². The van der Waals surface area contributed by atoms with E-state index in [1.165, 1.54) is 0 Å². The standard InChI is InChI=1S/C21H21N3O4/c1-28-17-9-5-3-7-15(17)12-22-18(25)13-24-19(26)21(23-20(24)27)11-10-14-6-2-4-8-16(14)21/h2-9H,10-13H2,1H3,(H,22,25)(H,23,27)/t21-/m1/s1. The number of ether oxygens (including phenoxy) is 1. The highest BCUT2D eigenvalue weighted by atomic mass is 16.5. The molecule has 7 heteroatoms. The summed E-state index contributed by atoms with van der Waals surface area (Å²) in [4.78, 5) is 38.9. The molecule has 0 aromatic heterocycles. The first-order valence-electron chi connectivity index (χ1n) is 9.16. The topological polar surface area (TPSA) is 87.7 Å². The minimum Gasteiger partial charge on any atom is -0.496 e. The SMILES string of the molecule is COc1ccccc1CNC(=O)CN1C(=O)N[C@@]2(CCc3ccccc32)C1=O. The van der Waals surface area contributed by atoms with Crippen LogP contribution in [0.4, 0.5) is 4.79 Å². The number of urea groups is 1. The number of carbonyl (C=O) groups excluding carboxylic acids is 3. The largest absolute Gasteiger partial charge is 0.496 e. The van der Waals surface area contributed by atoms with Gasteiger partial charge in [0.1, 0.15) is 17.8 Å². The van der Waals surface area contributed by atoms with E-state index in [1.54, 1.807) is 13.2 Å². The number of imide groups is 1. The normalized spacial score (nSPS) is 20.2. The van der Waals surface area contributed by atoms with Crippen molar-refractivity contribution in [2.24, 2.45) is 0 Å². The minimum absolute atomic E-state index is 0.250. The average molecular weight is 379 g/mol. The van der Waals surface area contributed by atoms with E-state index < -0.39 is 17.5 Å². The molecule has 2 aliphatic rings. The molecule has 0 radical (unpaired) electrons. The Balaban J connectivity index is 1.45. The molecule has 7 nitrogen and oxygen atoms in total. The third kappa shape index (κ3) is 2.89. The van der Waals surface area contributed by atoms with Crippen LogP contribution < -0.4 is 15.4 Å². The van der Waals surface area contributed by atoms with Crippen molar-refractivity contribution >= 4 is 17.8 Å². The van der Waals surface area contributed by atoms with Gasteiger partial charge in [-0.3, -0.25) is 14.5 Å². The molecule has 1 heterocycles. The first-order chi connectivity index (χ1) is 13.5. The van der Waals surface area contributed by atoms with Crippen LogP contribution in [0.5, 0.6) is 5.75 Å². The van der Waals surface area contributed by atoms with Gasteiger partial charge in [-0.2, -0.15) is 0 Å². The lowest BCUT2D eigenvalue weighted by Crippen LogP contribution is -2.43. The van der Waals surface area contributed by atoms with Gasteiger partial charge in [-0.1, -0.05) is 42.5 Å².